The van der Waals surface area contributed by atoms with Crippen molar-refractivity contribution in [3.8, 4) is 11.5 Å². The van der Waals surface area contributed by atoms with Crippen molar-refractivity contribution in [1.82, 2.24) is 0 Å². The Bertz CT molecular complexity index is 758. The zero-order valence-electron chi connectivity index (χ0n) is 12.9. The van der Waals surface area contributed by atoms with Crippen molar-refractivity contribution in [3.63, 3.8) is 0 Å². The summed E-state index contributed by atoms with van der Waals surface area (Å²) in [6.45, 7) is 2.70. The standard InChI is InChI=1S/C16H20N2O4S/c1-2-3-10-21-12-4-6-13(7-5-12)22-23(19,20)14-8-9-15(17)16(18)11-14/h4-9,11H,2-3,10,17-18H2,1H3. The van der Waals surface area contributed by atoms with Gasteiger partial charge in [0, 0.05) is 0 Å². The van der Waals surface area contributed by atoms with Crippen LogP contribution in [0.4, 0.5) is 11.4 Å². The molecule has 0 amide bonds. The van der Waals surface area contributed by atoms with E-state index in [1.807, 2.05) is 0 Å². The van der Waals surface area contributed by atoms with Crippen LogP contribution in [0.3, 0.4) is 0 Å². The summed E-state index contributed by atoms with van der Waals surface area (Å²) in [6, 6.07) is 10.5. The topological polar surface area (TPSA) is 105 Å². The molecule has 0 atom stereocenters. The van der Waals surface area contributed by atoms with Crippen molar-refractivity contribution in [2.24, 2.45) is 0 Å². The summed E-state index contributed by atoms with van der Waals surface area (Å²) in [7, 11) is -3.96. The molecule has 124 valence electrons. The number of ether oxygens (including phenoxy) is 1. The van der Waals surface area contributed by atoms with Crippen molar-refractivity contribution in [2.45, 2.75) is 24.7 Å². The average molecular weight is 336 g/mol. The fourth-order valence-electron chi connectivity index (χ4n) is 1.81. The largest absolute Gasteiger partial charge is 0.494 e. The molecule has 4 N–H and O–H groups in total. The van der Waals surface area contributed by atoms with Gasteiger partial charge < -0.3 is 20.4 Å². The molecule has 0 radical (unpaired) electrons. The lowest BCUT2D eigenvalue weighted by Gasteiger charge is -2.10. The summed E-state index contributed by atoms with van der Waals surface area (Å²) in [5.74, 6) is 0.864. The van der Waals surface area contributed by atoms with Gasteiger partial charge in [-0.05, 0) is 48.9 Å². The number of hydrogen-bond donors (Lipinski definition) is 2. The number of nitrogen functional groups attached to an aromatic ring is 2. The smallest absolute Gasteiger partial charge is 0.339 e. The first-order valence-corrected chi connectivity index (χ1v) is 8.65. The molecule has 2 aromatic rings. The molecular formula is C16H20N2O4S. The van der Waals surface area contributed by atoms with E-state index in [2.05, 4.69) is 6.92 Å². The van der Waals surface area contributed by atoms with Crippen LogP contribution in [-0.2, 0) is 10.1 Å². The van der Waals surface area contributed by atoms with Crippen LogP contribution < -0.4 is 20.4 Å². The SMILES string of the molecule is CCCCOc1ccc(OS(=O)(=O)c2ccc(N)c(N)c2)cc1. The normalized spacial score (nSPS) is 11.2. The summed E-state index contributed by atoms with van der Waals surface area (Å²) in [5, 5.41) is 0. The van der Waals surface area contributed by atoms with E-state index in [0.29, 0.717) is 18.0 Å². The maximum absolute atomic E-state index is 12.2. The van der Waals surface area contributed by atoms with E-state index in [1.165, 1.54) is 18.2 Å². The van der Waals surface area contributed by atoms with Gasteiger partial charge in [-0.15, -0.1) is 0 Å². The zero-order chi connectivity index (χ0) is 16.9. The van der Waals surface area contributed by atoms with Crippen molar-refractivity contribution in [3.05, 3.63) is 42.5 Å². The molecule has 0 aromatic heterocycles. The van der Waals surface area contributed by atoms with Crippen LogP contribution in [0.2, 0.25) is 0 Å². The molecule has 2 rings (SSSR count). The van der Waals surface area contributed by atoms with Gasteiger partial charge >= 0.3 is 10.1 Å². The number of rotatable bonds is 7. The first-order valence-electron chi connectivity index (χ1n) is 7.24. The highest BCUT2D eigenvalue weighted by atomic mass is 32.2. The van der Waals surface area contributed by atoms with Gasteiger partial charge in [-0.3, -0.25) is 0 Å². The van der Waals surface area contributed by atoms with Crippen LogP contribution in [0, 0.1) is 0 Å². The molecule has 0 aliphatic rings. The lowest BCUT2D eigenvalue weighted by atomic mass is 10.3. The van der Waals surface area contributed by atoms with E-state index in [9.17, 15) is 8.42 Å². The van der Waals surface area contributed by atoms with Crippen molar-refractivity contribution >= 4 is 21.5 Å². The first-order chi connectivity index (χ1) is 10.9. The third-order valence-electron chi connectivity index (χ3n) is 3.14. The first kappa shape index (κ1) is 17.0. The Morgan fingerprint density at radius 2 is 1.61 bits per heavy atom. The lowest BCUT2D eigenvalue weighted by Crippen LogP contribution is -2.10. The molecule has 23 heavy (non-hydrogen) atoms. The van der Waals surface area contributed by atoms with Crippen LogP contribution in [0.15, 0.2) is 47.4 Å². The number of benzene rings is 2. The van der Waals surface area contributed by atoms with Crippen LogP contribution in [0.5, 0.6) is 11.5 Å². The molecule has 2 aromatic carbocycles. The van der Waals surface area contributed by atoms with E-state index < -0.39 is 10.1 Å². The predicted molar refractivity (Wildman–Crippen MR) is 89.9 cm³/mol. The number of anilines is 2. The minimum atomic E-state index is -3.96. The van der Waals surface area contributed by atoms with Gasteiger partial charge in [0.05, 0.1) is 18.0 Å². The van der Waals surface area contributed by atoms with Crippen LogP contribution in [0.25, 0.3) is 0 Å². The summed E-state index contributed by atoms with van der Waals surface area (Å²) in [6.07, 6.45) is 2.01. The molecule has 0 unspecified atom stereocenters. The molecule has 6 nitrogen and oxygen atoms in total. The average Bonchev–Trinajstić information content (AvgIpc) is 2.51. The van der Waals surface area contributed by atoms with Crippen LogP contribution in [0.1, 0.15) is 19.8 Å². The van der Waals surface area contributed by atoms with E-state index in [4.69, 9.17) is 20.4 Å². The molecular weight excluding hydrogens is 316 g/mol. The van der Waals surface area contributed by atoms with Crippen molar-refractivity contribution < 1.29 is 17.3 Å². The molecule has 0 aliphatic carbocycles. The van der Waals surface area contributed by atoms with Crippen LogP contribution in [-0.4, -0.2) is 15.0 Å². The highest BCUT2D eigenvalue weighted by molar-refractivity contribution is 7.87. The Hall–Kier alpha value is -2.41. The minimum absolute atomic E-state index is 0.0486. The van der Waals surface area contributed by atoms with E-state index >= 15 is 0 Å². The Labute approximate surface area is 136 Å². The Kier molecular flexibility index (Phi) is 5.33. The Balaban J connectivity index is 2.09. The van der Waals surface area contributed by atoms with Crippen molar-refractivity contribution in [1.29, 1.82) is 0 Å². The van der Waals surface area contributed by atoms with Gasteiger partial charge in [0.15, 0.2) is 0 Å². The summed E-state index contributed by atoms with van der Waals surface area (Å²) >= 11 is 0. The summed E-state index contributed by atoms with van der Waals surface area (Å²) < 4.78 is 35.0. The fraction of sp³-hybridized carbons (Fsp3) is 0.250. The summed E-state index contributed by atoms with van der Waals surface area (Å²) in [5.41, 5.74) is 11.7. The van der Waals surface area contributed by atoms with Gasteiger partial charge in [-0.25, -0.2) is 0 Å². The van der Waals surface area contributed by atoms with Crippen LogP contribution >= 0.6 is 0 Å². The number of unbranched alkanes of at least 4 members (excludes halogenated alkanes) is 1. The van der Waals surface area contributed by atoms with E-state index in [0.717, 1.165) is 12.8 Å². The maximum atomic E-state index is 12.2. The van der Waals surface area contributed by atoms with Gasteiger partial charge in [0.25, 0.3) is 0 Å². The Morgan fingerprint density at radius 3 is 2.22 bits per heavy atom. The number of hydrogen-bond acceptors (Lipinski definition) is 6. The molecule has 0 heterocycles. The van der Waals surface area contributed by atoms with Gasteiger partial charge in [-0.2, -0.15) is 8.42 Å². The van der Waals surface area contributed by atoms with Gasteiger partial charge in [-0.1, -0.05) is 13.3 Å². The van der Waals surface area contributed by atoms with Gasteiger partial charge in [0.2, 0.25) is 0 Å². The van der Waals surface area contributed by atoms with E-state index in [-0.39, 0.29) is 16.3 Å². The molecule has 0 bridgehead atoms. The lowest BCUT2D eigenvalue weighted by molar-refractivity contribution is 0.309. The molecule has 0 saturated carbocycles. The molecule has 0 spiro atoms. The fourth-order valence-corrected chi connectivity index (χ4v) is 2.78. The maximum Gasteiger partial charge on any atom is 0.339 e. The minimum Gasteiger partial charge on any atom is -0.494 e. The second-order valence-corrected chi connectivity index (χ2v) is 6.55. The quantitative estimate of drug-likeness (QED) is 0.458. The monoisotopic (exact) mass is 336 g/mol. The highest BCUT2D eigenvalue weighted by Crippen LogP contribution is 2.24. The summed E-state index contributed by atoms with van der Waals surface area (Å²) in [4.78, 5) is -0.0486. The van der Waals surface area contributed by atoms with E-state index in [1.54, 1.807) is 24.3 Å². The number of nitrogens with two attached hydrogens (primary N) is 2. The van der Waals surface area contributed by atoms with Crippen molar-refractivity contribution in [2.75, 3.05) is 18.1 Å². The zero-order valence-corrected chi connectivity index (χ0v) is 13.7. The second-order valence-electron chi connectivity index (χ2n) is 5.00. The predicted octanol–water partition coefficient (Wildman–Crippen LogP) is 2.80. The molecule has 0 saturated heterocycles. The Morgan fingerprint density at radius 1 is 0.957 bits per heavy atom. The molecule has 7 heteroatoms. The second kappa shape index (κ2) is 7.23. The third-order valence-corrected chi connectivity index (χ3v) is 4.39. The van der Waals surface area contributed by atoms with Gasteiger partial charge in [0.1, 0.15) is 16.4 Å². The highest BCUT2D eigenvalue weighted by Gasteiger charge is 2.17. The third kappa shape index (κ3) is 4.53. The molecule has 0 fully saturated rings. The molecule has 0 aliphatic heterocycles.